The summed E-state index contributed by atoms with van der Waals surface area (Å²) < 4.78 is 18.4. The summed E-state index contributed by atoms with van der Waals surface area (Å²) >= 11 is 5.80. The van der Waals surface area contributed by atoms with Crippen LogP contribution in [0.15, 0.2) is 23.0 Å². The van der Waals surface area contributed by atoms with Crippen LogP contribution in [0.25, 0.3) is 0 Å². The number of methoxy groups -OCH3 is 1. The number of hydrogen-bond donors (Lipinski definition) is 1. The van der Waals surface area contributed by atoms with E-state index in [1.165, 1.54) is 23.5 Å². The Morgan fingerprint density at radius 3 is 2.83 bits per heavy atom. The molecule has 2 aromatic rings. The fourth-order valence-corrected chi connectivity index (χ4v) is 3.76. The maximum Gasteiger partial charge on any atom is 0.263 e. The van der Waals surface area contributed by atoms with Crippen LogP contribution in [0.4, 0.5) is 9.39 Å². The van der Waals surface area contributed by atoms with Gasteiger partial charge in [0.25, 0.3) is 4.74 Å². The van der Waals surface area contributed by atoms with Crippen molar-refractivity contribution < 1.29 is 9.13 Å². The Bertz CT molecular complexity index is 611. The van der Waals surface area contributed by atoms with Gasteiger partial charge >= 0.3 is 0 Å². The highest BCUT2D eigenvalue weighted by Crippen LogP contribution is 2.28. The van der Waals surface area contributed by atoms with Gasteiger partial charge in [-0.25, -0.2) is 4.39 Å². The minimum Gasteiger partial charge on any atom is -0.497 e. The molecule has 1 aromatic carbocycles. The van der Waals surface area contributed by atoms with Gasteiger partial charge in [-0.15, -0.1) is 0 Å². The summed E-state index contributed by atoms with van der Waals surface area (Å²) in [5, 5.41) is 3.67. The highest BCUT2D eigenvalue weighted by molar-refractivity contribution is 7.70. The van der Waals surface area contributed by atoms with Crippen LogP contribution < -0.4 is 14.8 Å². The van der Waals surface area contributed by atoms with Gasteiger partial charge in [0, 0.05) is 12.1 Å². The van der Waals surface area contributed by atoms with Crippen molar-refractivity contribution in [2.75, 3.05) is 12.4 Å². The first kappa shape index (κ1) is 13.3. The topological polar surface area (TPSA) is 38.3 Å². The van der Waals surface area contributed by atoms with Crippen LogP contribution >= 0.6 is 32.3 Å². The molecule has 96 valence electrons. The third kappa shape index (κ3) is 2.82. The van der Waals surface area contributed by atoms with E-state index in [0.29, 0.717) is 16.3 Å². The largest absolute Gasteiger partial charge is 0.497 e. The molecule has 1 aromatic heterocycles. The standard InChI is InChI=1S/C11H9ClFNO2S2/c1-16-7-2-3-8(13)6(4-7)5-14-10-9(12)11(15)18-17-10/h2-4,14H,5H2,1H3. The average molecular weight is 306 g/mol. The summed E-state index contributed by atoms with van der Waals surface area (Å²) in [5.41, 5.74) is 0.455. The molecule has 0 fully saturated rings. The molecule has 0 spiro atoms. The van der Waals surface area contributed by atoms with Crippen molar-refractivity contribution in [2.24, 2.45) is 0 Å². The van der Waals surface area contributed by atoms with Crippen LogP contribution in [-0.4, -0.2) is 7.11 Å². The third-order valence-electron chi connectivity index (χ3n) is 2.27. The smallest absolute Gasteiger partial charge is 0.263 e. The molecule has 0 amide bonds. The zero-order valence-electron chi connectivity index (χ0n) is 9.33. The average Bonchev–Trinajstić information content (AvgIpc) is 2.69. The zero-order valence-corrected chi connectivity index (χ0v) is 11.7. The van der Waals surface area contributed by atoms with Crippen LogP contribution in [-0.2, 0) is 6.54 Å². The fraction of sp³-hybridized carbons (Fsp3) is 0.182. The SMILES string of the molecule is COc1ccc(F)c(CNc2ssc(=O)c2Cl)c1. The van der Waals surface area contributed by atoms with E-state index in [9.17, 15) is 9.18 Å². The Morgan fingerprint density at radius 2 is 2.22 bits per heavy atom. The summed E-state index contributed by atoms with van der Waals surface area (Å²) in [4.78, 5) is 11.2. The second-order valence-electron chi connectivity index (χ2n) is 3.41. The fourth-order valence-electron chi connectivity index (χ4n) is 1.34. The molecule has 0 aliphatic rings. The monoisotopic (exact) mass is 305 g/mol. The lowest BCUT2D eigenvalue weighted by molar-refractivity contribution is 0.413. The summed E-state index contributed by atoms with van der Waals surface area (Å²) in [6.45, 7) is 0.245. The maximum absolute atomic E-state index is 13.5. The van der Waals surface area contributed by atoms with E-state index in [1.54, 1.807) is 12.1 Å². The second kappa shape index (κ2) is 5.69. The van der Waals surface area contributed by atoms with Crippen molar-refractivity contribution in [3.8, 4) is 5.75 Å². The van der Waals surface area contributed by atoms with Gasteiger partial charge in [0.1, 0.15) is 21.6 Å². The molecule has 1 N–H and O–H groups in total. The van der Waals surface area contributed by atoms with Gasteiger partial charge in [-0.2, -0.15) is 0 Å². The molecule has 2 rings (SSSR count). The van der Waals surface area contributed by atoms with E-state index < -0.39 is 0 Å². The first-order valence-corrected chi connectivity index (χ1v) is 7.49. The van der Waals surface area contributed by atoms with Crippen molar-refractivity contribution in [2.45, 2.75) is 6.54 Å². The minimum atomic E-state index is -0.331. The number of ether oxygens (including phenoxy) is 1. The predicted octanol–water partition coefficient (Wildman–Crippen LogP) is 3.58. The lowest BCUT2D eigenvalue weighted by Crippen LogP contribution is -2.02. The predicted molar refractivity (Wildman–Crippen MR) is 73.8 cm³/mol. The molecule has 3 nitrogen and oxygen atoms in total. The molecule has 7 heteroatoms. The van der Waals surface area contributed by atoms with E-state index in [0.717, 1.165) is 10.3 Å². The summed E-state index contributed by atoms with van der Waals surface area (Å²) in [6.07, 6.45) is 0. The highest BCUT2D eigenvalue weighted by atomic mass is 35.5. The molecule has 0 atom stereocenters. The van der Waals surface area contributed by atoms with Gasteiger partial charge < -0.3 is 10.1 Å². The van der Waals surface area contributed by atoms with Crippen molar-refractivity contribution in [1.82, 2.24) is 0 Å². The molecule has 0 saturated carbocycles. The molecule has 0 bridgehead atoms. The first-order chi connectivity index (χ1) is 8.61. The molecule has 0 unspecified atom stereocenters. The number of nitrogens with one attached hydrogen (secondary N) is 1. The van der Waals surface area contributed by atoms with E-state index in [1.807, 2.05) is 0 Å². The molecule has 0 aliphatic heterocycles. The van der Waals surface area contributed by atoms with Crippen LogP contribution in [0.3, 0.4) is 0 Å². The van der Waals surface area contributed by atoms with Gasteiger partial charge in [-0.05, 0) is 28.5 Å². The lowest BCUT2D eigenvalue weighted by Gasteiger charge is -2.07. The molecule has 0 aliphatic carbocycles. The van der Waals surface area contributed by atoms with Crippen LogP contribution in [0.2, 0.25) is 5.02 Å². The third-order valence-corrected chi connectivity index (χ3v) is 5.01. The Kier molecular flexibility index (Phi) is 4.21. The Hall–Kier alpha value is -1.11. The van der Waals surface area contributed by atoms with Gasteiger partial charge in [0.2, 0.25) is 0 Å². The van der Waals surface area contributed by atoms with Gasteiger partial charge in [0.05, 0.1) is 7.11 Å². The van der Waals surface area contributed by atoms with Crippen LogP contribution in [0.1, 0.15) is 5.56 Å². The quantitative estimate of drug-likeness (QED) is 0.877. The molecule has 1 heterocycles. The Balaban J connectivity index is 2.15. The second-order valence-corrected chi connectivity index (χ2v) is 5.90. The number of anilines is 1. The molecular formula is C11H9ClFNO2S2. The number of benzene rings is 1. The van der Waals surface area contributed by atoms with E-state index in [4.69, 9.17) is 16.3 Å². The van der Waals surface area contributed by atoms with Crippen molar-refractivity contribution >= 4 is 37.3 Å². The van der Waals surface area contributed by atoms with Gasteiger partial charge in [0.15, 0.2) is 0 Å². The van der Waals surface area contributed by atoms with E-state index in [-0.39, 0.29) is 22.1 Å². The molecule has 18 heavy (non-hydrogen) atoms. The van der Waals surface area contributed by atoms with Gasteiger partial charge in [-0.3, -0.25) is 4.79 Å². The number of rotatable bonds is 4. The van der Waals surface area contributed by atoms with Crippen LogP contribution in [0.5, 0.6) is 5.75 Å². The summed E-state index contributed by atoms with van der Waals surface area (Å²) in [5.74, 6) is 0.250. The lowest BCUT2D eigenvalue weighted by atomic mass is 10.2. The molecular weight excluding hydrogens is 297 g/mol. The minimum absolute atomic E-state index is 0.160. The van der Waals surface area contributed by atoms with Crippen molar-refractivity contribution in [3.63, 3.8) is 0 Å². The van der Waals surface area contributed by atoms with Crippen molar-refractivity contribution in [3.05, 3.63) is 44.1 Å². The summed E-state index contributed by atoms with van der Waals surface area (Å²) in [7, 11) is 3.81. The molecule has 0 radical (unpaired) electrons. The Morgan fingerprint density at radius 1 is 1.44 bits per heavy atom. The molecule has 0 saturated heterocycles. The normalized spacial score (nSPS) is 10.4. The zero-order chi connectivity index (χ0) is 13.1. The Labute approximate surface area is 115 Å². The summed E-state index contributed by atoms with van der Waals surface area (Å²) in [6, 6.07) is 4.49. The van der Waals surface area contributed by atoms with Gasteiger partial charge in [-0.1, -0.05) is 21.9 Å². The van der Waals surface area contributed by atoms with E-state index in [2.05, 4.69) is 5.32 Å². The highest BCUT2D eigenvalue weighted by Gasteiger charge is 2.09. The van der Waals surface area contributed by atoms with Crippen molar-refractivity contribution in [1.29, 1.82) is 0 Å². The first-order valence-electron chi connectivity index (χ1n) is 4.96. The van der Waals surface area contributed by atoms with E-state index >= 15 is 0 Å². The maximum atomic E-state index is 13.5. The number of hydrogen-bond acceptors (Lipinski definition) is 5. The number of halogens is 2. The van der Waals surface area contributed by atoms with Crippen LogP contribution in [0, 0.1) is 5.82 Å².